The van der Waals surface area contributed by atoms with E-state index in [9.17, 15) is 19.5 Å². The van der Waals surface area contributed by atoms with E-state index in [0.29, 0.717) is 52.2 Å². The van der Waals surface area contributed by atoms with Crippen LogP contribution in [0.3, 0.4) is 0 Å². The molecule has 1 aromatic rings. The molecule has 0 fully saturated rings. The van der Waals surface area contributed by atoms with Gasteiger partial charge in [0.2, 0.25) is 11.8 Å². The Labute approximate surface area is 212 Å². The summed E-state index contributed by atoms with van der Waals surface area (Å²) in [6, 6.07) is 6.47. The van der Waals surface area contributed by atoms with E-state index in [0.717, 1.165) is 5.56 Å². The predicted octanol–water partition coefficient (Wildman–Crippen LogP) is 0.871. The van der Waals surface area contributed by atoms with Gasteiger partial charge in [-0.2, -0.15) is 0 Å². The van der Waals surface area contributed by atoms with Crippen LogP contribution in [-0.2, 0) is 39.9 Å². The van der Waals surface area contributed by atoms with Crippen molar-refractivity contribution in [1.29, 1.82) is 0 Å². The van der Waals surface area contributed by atoms with Crippen LogP contribution in [0.4, 0.5) is 0 Å². The summed E-state index contributed by atoms with van der Waals surface area (Å²) in [6.07, 6.45) is 1.20. The number of hydroxylamine groups is 1. The van der Waals surface area contributed by atoms with Crippen LogP contribution in [-0.4, -0.2) is 81.5 Å². The van der Waals surface area contributed by atoms with Gasteiger partial charge in [0.05, 0.1) is 39.0 Å². The van der Waals surface area contributed by atoms with E-state index < -0.39 is 11.8 Å². The van der Waals surface area contributed by atoms with Crippen LogP contribution >= 0.6 is 0 Å². The molecule has 0 unspecified atom stereocenters. The molecule has 5 N–H and O–H groups in total. The largest absolute Gasteiger partial charge is 0.508 e. The fraction of sp³-hybridized carbons (Fsp3) is 0.640. The van der Waals surface area contributed by atoms with Crippen molar-refractivity contribution in [3.8, 4) is 5.75 Å². The molecule has 36 heavy (non-hydrogen) atoms. The number of ether oxygens (including phenoxy) is 3. The number of ketones is 1. The fourth-order valence-corrected chi connectivity index (χ4v) is 3.11. The van der Waals surface area contributed by atoms with Crippen molar-refractivity contribution in [2.45, 2.75) is 45.6 Å². The average Bonchev–Trinajstić information content (AvgIpc) is 2.83. The summed E-state index contributed by atoms with van der Waals surface area (Å²) in [4.78, 5) is 41.7. The molecule has 0 saturated carbocycles. The van der Waals surface area contributed by atoms with Gasteiger partial charge >= 0.3 is 0 Å². The topological polar surface area (TPSA) is 158 Å². The molecule has 0 aliphatic rings. The third-order valence-electron chi connectivity index (χ3n) is 4.81. The molecular formula is C25H41N3O8. The lowest BCUT2D eigenvalue weighted by molar-refractivity contribution is -0.139. The summed E-state index contributed by atoms with van der Waals surface area (Å²) in [5.74, 6) is -1.11. The van der Waals surface area contributed by atoms with Crippen LogP contribution in [0, 0.1) is 5.92 Å². The monoisotopic (exact) mass is 511 g/mol. The molecule has 11 heteroatoms. The second kappa shape index (κ2) is 19.6. The highest BCUT2D eigenvalue weighted by atomic mass is 16.7. The predicted molar refractivity (Wildman–Crippen MR) is 133 cm³/mol. The smallest absolute Gasteiger partial charge is 0.244 e. The van der Waals surface area contributed by atoms with E-state index in [1.165, 1.54) is 0 Å². The van der Waals surface area contributed by atoms with Gasteiger partial charge in [-0.1, -0.05) is 12.1 Å². The lowest BCUT2D eigenvalue weighted by Crippen LogP contribution is -2.39. The number of phenolic OH excluding ortho intramolecular Hbond substituents is 1. The van der Waals surface area contributed by atoms with Gasteiger partial charge in [0, 0.05) is 32.0 Å². The zero-order valence-corrected chi connectivity index (χ0v) is 21.3. The number of carbonyl (C=O) groups excluding carboxylic acids is 3. The second-order valence-corrected chi connectivity index (χ2v) is 8.52. The van der Waals surface area contributed by atoms with Crippen LogP contribution in [0.2, 0.25) is 0 Å². The van der Waals surface area contributed by atoms with Crippen molar-refractivity contribution >= 4 is 17.6 Å². The van der Waals surface area contributed by atoms with Crippen LogP contribution in [0.5, 0.6) is 5.75 Å². The molecule has 0 aromatic heterocycles. The Morgan fingerprint density at radius 2 is 1.61 bits per heavy atom. The molecule has 0 aliphatic heterocycles. The van der Waals surface area contributed by atoms with E-state index >= 15 is 0 Å². The van der Waals surface area contributed by atoms with Gasteiger partial charge in [0.15, 0.2) is 5.78 Å². The third-order valence-corrected chi connectivity index (χ3v) is 4.81. The number of phenols is 1. The van der Waals surface area contributed by atoms with Crippen molar-refractivity contribution in [1.82, 2.24) is 10.8 Å². The van der Waals surface area contributed by atoms with Gasteiger partial charge in [0.1, 0.15) is 12.4 Å². The lowest BCUT2D eigenvalue weighted by atomic mass is 9.94. The third kappa shape index (κ3) is 16.2. The maximum atomic E-state index is 12.6. The number of benzene rings is 1. The van der Waals surface area contributed by atoms with Gasteiger partial charge in [0.25, 0.3) is 0 Å². The zero-order chi connectivity index (χ0) is 26.6. The van der Waals surface area contributed by atoms with E-state index in [2.05, 4.69) is 10.8 Å². The maximum Gasteiger partial charge on any atom is 0.244 e. The standard InChI is InChI=1S/C25H41N3O8/c1-19(2)27-25(32)21(16-20-5-7-22(29)8-6-20)17-24(31)28-36-15-14-33-10-3-4-23(30)18-35-13-12-34-11-9-26/h5-8,19,21,29H,3-4,9-18,26H2,1-2H3,(H,27,32)(H,28,31)/t21-/m1/s1. The van der Waals surface area contributed by atoms with Gasteiger partial charge in [-0.3, -0.25) is 19.2 Å². The quantitative estimate of drug-likeness (QED) is 0.139. The number of Topliss-reactive ketones (excluding diaryl/α,β-unsaturated/α-hetero) is 1. The fourth-order valence-electron chi connectivity index (χ4n) is 3.11. The number of nitrogens with one attached hydrogen (secondary N) is 2. The molecule has 0 radical (unpaired) electrons. The molecule has 204 valence electrons. The Morgan fingerprint density at radius 3 is 2.31 bits per heavy atom. The zero-order valence-electron chi connectivity index (χ0n) is 21.3. The number of amides is 2. The highest BCUT2D eigenvalue weighted by Gasteiger charge is 2.23. The van der Waals surface area contributed by atoms with Crippen molar-refractivity contribution in [3.63, 3.8) is 0 Å². The molecule has 0 aliphatic carbocycles. The number of rotatable bonds is 21. The van der Waals surface area contributed by atoms with Crippen LogP contribution in [0.25, 0.3) is 0 Å². The van der Waals surface area contributed by atoms with Crippen molar-refractivity contribution in [2.75, 3.05) is 52.8 Å². The van der Waals surface area contributed by atoms with Gasteiger partial charge in [-0.25, -0.2) is 5.48 Å². The van der Waals surface area contributed by atoms with Crippen LogP contribution in [0.1, 0.15) is 38.7 Å². The van der Waals surface area contributed by atoms with Gasteiger partial charge in [-0.15, -0.1) is 0 Å². The number of nitrogens with two attached hydrogens (primary N) is 1. The number of hydrogen-bond acceptors (Lipinski definition) is 9. The summed E-state index contributed by atoms with van der Waals surface area (Å²) in [5.41, 5.74) is 8.47. The first-order valence-electron chi connectivity index (χ1n) is 12.3. The molecule has 2 amide bonds. The highest BCUT2D eigenvalue weighted by molar-refractivity contribution is 5.85. The lowest BCUT2D eigenvalue weighted by Gasteiger charge is -2.18. The van der Waals surface area contributed by atoms with E-state index in [4.69, 9.17) is 24.8 Å². The highest BCUT2D eigenvalue weighted by Crippen LogP contribution is 2.16. The Bertz CT molecular complexity index is 758. The second-order valence-electron chi connectivity index (χ2n) is 8.52. The number of carbonyl (C=O) groups is 3. The van der Waals surface area contributed by atoms with Crippen molar-refractivity contribution in [2.24, 2.45) is 11.7 Å². The summed E-state index contributed by atoms with van der Waals surface area (Å²) in [5, 5.41) is 12.3. The first-order valence-corrected chi connectivity index (χ1v) is 12.3. The van der Waals surface area contributed by atoms with Crippen LogP contribution in [0.15, 0.2) is 24.3 Å². The first-order chi connectivity index (χ1) is 17.3. The molecule has 1 aromatic carbocycles. The van der Waals surface area contributed by atoms with Gasteiger partial charge < -0.3 is 30.4 Å². The minimum atomic E-state index is -0.586. The van der Waals surface area contributed by atoms with Gasteiger partial charge in [-0.05, 0) is 44.4 Å². The number of aromatic hydroxyl groups is 1. The molecule has 11 nitrogen and oxygen atoms in total. The molecule has 0 bridgehead atoms. The molecule has 0 heterocycles. The van der Waals surface area contributed by atoms with Crippen molar-refractivity contribution in [3.05, 3.63) is 29.8 Å². The van der Waals surface area contributed by atoms with E-state index in [1.54, 1.807) is 24.3 Å². The Kier molecular flexibility index (Phi) is 17.1. The minimum Gasteiger partial charge on any atom is -0.508 e. The van der Waals surface area contributed by atoms with Crippen LogP contribution < -0.4 is 16.5 Å². The molecular weight excluding hydrogens is 470 g/mol. The summed E-state index contributed by atoms with van der Waals surface area (Å²) in [7, 11) is 0. The first kappa shape index (κ1) is 31.5. The minimum absolute atomic E-state index is 0.00991. The number of hydrogen-bond donors (Lipinski definition) is 4. The van der Waals surface area contributed by atoms with E-state index in [1.807, 2.05) is 13.8 Å². The van der Waals surface area contributed by atoms with Crippen molar-refractivity contribution < 1.29 is 38.5 Å². The molecule has 0 spiro atoms. The SMILES string of the molecule is CC(C)NC(=O)[C@@H](CC(=O)NOCCOCCCC(=O)COCCOCCN)Cc1ccc(O)cc1. The molecule has 1 rings (SSSR count). The average molecular weight is 512 g/mol. The summed E-state index contributed by atoms with van der Waals surface area (Å²) in [6.45, 7) is 6.19. The Hall–Kier alpha value is -2.57. The van der Waals surface area contributed by atoms with E-state index in [-0.39, 0.29) is 49.7 Å². The summed E-state index contributed by atoms with van der Waals surface area (Å²) < 4.78 is 15.8. The Morgan fingerprint density at radius 1 is 0.944 bits per heavy atom. The molecule has 0 saturated heterocycles. The molecule has 1 atom stereocenters. The normalized spacial score (nSPS) is 11.9. The summed E-state index contributed by atoms with van der Waals surface area (Å²) >= 11 is 0. The Balaban J connectivity index is 2.18. The maximum absolute atomic E-state index is 12.6.